The summed E-state index contributed by atoms with van der Waals surface area (Å²) in [7, 11) is 1.45. The summed E-state index contributed by atoms with van der Waals surface area (Å²) in [5.74, 6) is -0.850. The number of thiophene rings is 1. The summed E-state index contributed by atoms with van der Waals surface area (Å²) < 4.78 is 28.3. The first-order chi connectivity index (χ1) is 19.4. The number of halogens is 1. The molecule has 14 heteroatoms. The number of hydrogen-bond acceptors (Lipinski definition) is 9. The summed E-state index contributed by atoms with van der Waals surface area (Å²) in [6.45, 7) is 7.72. The molecule has 41 heavy (non-hydrogen) atoms. The van der Waals surface area contributed by atoms with Gasteiger partial charge in [0.1, 0.15) is 39.6 Å². The van der Waals surface area contributed by atoms with Gasteiger partial charge in [-0.1, -0.05) is 11.3 Å². The molecular weight excluding hydrogens is 553 g/mol. The van der Waals surface area contributed by atoms with Crippen LogP contribution in [0.5, 0.6) is 5.75 Å². The number of nitrogens with zero attached hydrogens (tertiary/aromatic N) is 6. The summed E-state index contributed by atoms with van der Waals surface area (Å²) in [6.07, 6.45) is 1.77. The smallest absolute Gasteiger partial charge is 0.333 e. The number of benzene rings is 1. The average Bonchev–Trinajstić information content (AvgIpc) is 3.56. The van der Waals surface area contributed by atoms with Gasteiger partial charge in [0, 0.05) is 11.1 Å². The summed E-state index contributed by atoms with van der Waals surface area (Å²) in [4.78, 5) is 42.9. The molecule has 12 nitrogen and oxygen atoms in total. The van der Waals surface area contributed by atoms with E-state index in [1.165, 1.54) is 60.9 Å². The lowest BCUT2D eigenvalue weighted by Gasteiger charge is -2.28. The van der Waals surface area contributed by atoms with Gasteiger partial charge in [0.2, 0.25) is 5.91 Å². The van der Waals surface area contributed by atoms with Crippen LogP contribution in [0.15, 0.2) is 40.2 Å². The Morgan fingerprint density at radius 1 is 1.24 bits per heavy atom. The van der Waals surface area contributed by atoms with Crippen LogP contribution in [-0.4, -0.2) is 49.8 Å². The fourth-order valence-electron chi connectivity index (χ4n) is 4.60. The van der Waals surface area contributed by atoms with Gasteiger partial charge in [0.25, 0.3) is 5.56 Å². The molecule has 0 saturated carbocycles. The third-order valence-corrected chi connectivity index (χ3v) is 7.83. The summed E-state index contributed by atoms with van der Waals surface area (Å²) in [5.41, 5.74) is -2.27. The number of aromatic nitrogens is 5. The number of carbonyl (C=O) groups excluding carboxylic acids is 1. The van der Waals surface area contributed by atoms with Crippen LogP contribution in [0.4, 0.5) is 4.39 Å². The third kappa shape index (κ3) is 5.50. The molecule has 1 N–H and O–H groups in total. The SMILES string of the molecule is COc1ccc(F)cc1[C@H](Cn1c(=O)n(C(C)(C)C(=O)NCC#N)c(=O)c2c(C)c(-n3nccn3)sc21)OC(C)C. The van der Waals surface area contributed by atoms with Gasteiger partial charge >= 0.3 is 5.69 Å². The molecule has 0 aliphatic rings. The number of nitriles is 1. The van der Waals surface area contributed by atoms with Crippen molar-refractivity contribution in [2.75, 3.05) is 13.7 Å². The Hall–Kier alpha value is -4.35. The van der Waals surface area contributed by atoms with E-state index >= 15 is 0 Å². The van der Waals surface area contributed by atoms with E-state index < -0.39 is 34.6 Å². The molecule has 0 saturated heterocycles. The molecular formula is C27H30FN7O5S. The van der Waals surface area contributed by atoms with E-state index in [0.717, 1.165) is 15.9 Å². The zero-order chi connectivity index (χ0) is 30.1. The van der Waals surface area contributed by atoms with Gasteiger partial charge < -0.3 is 14.8 Å². The minimum atomic E-state index is -1.68. The number of methoxy groups -OCH3 is 1. The van der Waals surface area contributed by atoms with Gasteiger partial charge in [0.05, 0.1) is 43.6 Å². The highest BCUT2D eigenvalue weighted by atomic mass is 32.1. The molecule has 1 amide bonds. The lowest BCUT2D eigenvalue weighted by atomic mass is 10.0. The fraction of sp³-hybridized carbons (Fsp3) is 0.407. The fourth-order valence-corrected chi connectivity index (χ4v) is 5.82. The summed E-state index contributed by atoms with van der Waals surface area (Å²) in [6, 6.07) is 5.83. The van der Waals surface area contributed by atoms with Crippen LogP contribution in [0.1, 0.15) is 44.9 Å². The van der Waals surface area contributed by atoms with Crippen LogP contribution >= 0.6 is 11.3 Å². The number of amides is 1. The van der Waals surface area contributed by atoms with Crippen molar-refractivity contribution in [1.82, 2.24) is 29.4 Å². The van der Waals surface area contributed by atoms with Crippen molar-refractivity contribution in [3.63, 3.8) is 0 Å². The summed E-state index contributed by atoms with van der Waals surface area (Å²) in [5, 5.41) is 20.4. The van der Waals surface area contributed by atoms with E-state index in [-0.39, 0.29) is 24.6 Å². The van der Waals surface area contributed by atoms with Crippen LogP contribution in [-0.2, 0) is 21.6 Å². The van der Waals surface area contributed by atoms with Crippen molar-refractivity contribution in [1.29, 1.82) is 5.26 Å². The van der Waals surface area contributed by atoms with Crippen LogP contribution in [0.2, 0.25) is 0 Å². The number of carbonyl (C=O) groups is 1. The van der Waals surface area contributed by atoms with E-state index in [2.05, 4.69) is 15.5 Å². The minimum absolute atomic E-state index is 0.143. The third-order valence-electron chi connectivity index (χ3n) is 6.55. The Labute approximate surface area is 238 Å². The zero-order valence-corrected chi connectivity index (χ0v) is 24.3. The normalized spacial score (nSPS) is 12.5. The van der Waals surface area contributed by atoms with E-state index in [1.54, 1.807) is 20.8 Å². The Kier molecular flexibility index (Phi) is 8.41. The largest absolute Gasteiger partial charge is 0.496 e. The first-order valence-electron chi connectivity index (χ1n) is 12.7. The Balaban J connectivity index is 2.04. The number of ether oxygens (including phenoxy) is 2. The van der Waals surface area contributed by atoms with E-state index in [4.69, 9.17) is 14.7 Å². The molecule has 0 unspecified atom stereocenters. The molecule has 0 aliphatic carbocycles. The monoisotopic (exact) mass is 583 g/mol. The first kappa shape index (κ1) is 29.6. The van der Waals surface area contributed by atoms with Crippen molar-refractivity contribution < 1.29 is 18.7 Å². The number of fused-ring (bicyclic) bond motifs is 1. The molecule has 1 aromatic carbocycles. The van der Waals surface area contributed by atoms with Gasteiger partial charge in [-0.25, -0.2) is 13.8 Å². The molecule has 0 spiro atoms. The highest BCUT2D eigenvalue weighted by Gasteiger charge is 2.36. The number of aryl methyl sites for hydroxylation is 1. The molecule has 0 radical (unpaired) electrons. The predicted molar refractivity (Wildman–Crippen MR) is 150 cm³/mol. The second kappa shape index (κ2) is 11.6. The maximum absolute atomic E-state index is 14.4. The Morgan fingerprint density at radius 2 is 1.93 bits per heavy atom. The standard InChI is InChI=1S/C27H30FN7O5S/c1-15(2)40-20(18-13-17(28)7-8-19(18)39-6)14-33-24-21(16(3)23(41-24)35-31-11-12-32-35)22(36)34(26(33)38)27(4,5)25(37)30-10-9-29/h7-8,11-13,15,20H,10,14H2,1-6H3,(H,30,37)/t20-/m0/s1. The van der Waals surface area contributed by atoms with Crippen molar-refractivity contribution in [2.24, 2.45) is 0 Å². The predicted octanol–water partition coefficient (Wildman–Crippen LogP) is 2.80. The molecule has 0 aliphatic heterocycles. The van der Waals surface area contributed by atoms with Gasteiger partial charge in [-0.05, 0) is 52.8 Å². The van der Waals surface area contributed by atoms with E-state index in [1.807, 2.05) is 6.07 Å². The van der Waals surface area contributed by atoms with Crippen LogP contribution in [0, 0.1) is 24.1 Å². The molecule has 3 aromatic heterocycles. The molecule has 3 heterocycles. The lowest BCUT2D eigenvalue weighted by molar-refractivity contribution is -0.128. The van der Waals surface area contributed by atoms with Crippen molar-refractivity contribution in [2.45, 2.75) is 58.9 Å². The van der Waals surface area contributed by atoms with E-state index in [9.17, 15) is 18.8 Å². The molecule has 1 atom stereocenters. The molecule has 4 aromatic rings. The summed E-state index contributed by atoms with van der Waals surface area (Å²) >= 11 is 1.13. The highest BCUT2D eigenvalue weighted by Crippen LogP contribution is 2.34. The van der Waals surface area contributed by atoms with Gasteiger partial charge in [-0.2, -0.15) is 15.5 Å². The van der Waals surface area contributed by atoms with Crippen molar-refractivity contribution in [3.8, 4) is 16.8 Å². The minimum Gasteiger partial charge on any atom is -0.496 e. The van der Waals surface area contributed by atoms with Crippen LogP contribution in [0.3, 0.4) is 0 Å². The Bertz CT molecular complexity index is 1750. The number of rotatable bonds is 10. The van der Waals surface area contributed by atoms with Gasteiger partial charge in [-0.3, -0.25) is 14.2 Å². The van der Waals surface area contributed by atoms with Crippen molar-refractivity contribution in [3.05, 3.63) is 68.4 Å². The van der Waals surface area contributed by atoms with Gasteiger partial charge in [-0.15, -0.1) is 4.80 Å². The van der Waals surface area contributed by atoms with Crippen molar-refractivity contribution >= 4 is 27.5 Å². The van der Waals surface area contributed by atoms with Gasteiger partial charge in [0.15, 0.2) is 0 Å². The second-order valence-corrected chi connectivity index (χ2v) is 11.0. The number of nitrogens with one attached hydrogen (secondary N) is 1. The molecule has 0 fully saturated rings. The topological polar surface area (TPSA) is 146 Å². The Morgan fingerprint density at radius 3 is 2.54 bits per heavy atom. The number of hydrogen-bond donors (Lipinski definition) is 1. The maximum Gasteiger partial charge on any atom is 0.333 e. The second-order valence-electron chi connectivity index (χ2n) is 10.0. The molecule has 0 bridgehead atoms. The van der Waals surface area contributed by atoms with E-state index in [0.29, 0.717) is 26.7 Å². The highest BCUT2D eigenvalue weighted by molar-refractivity contribution is 7.21. The zero-order valence-electron chi connectivity index (χ0n) is 23.5. The first-order valence-corrected chi connectivity index (χ1v) is 13.5. The van der Waals surface area contributed by atoms with Crippen LogP contribution in [0.25, 0.3) is 15.2 Å². The average molecular weight is 584 g/mol. The maximum atomic E-state index is 14.4. The molecule has 216 valence electrons. The van der Waals surface area contributed by atoms with Crippen LogP contribution < -0.4 is 21.3 Å². The quantitative estimate of drug-likeness (QED) is 0.281. The lowest BCUT2D eigenvalue weighted by Crippen LogP contribution is -2.56. The molecule has 4 rings (SSSR count).